The fourth-order valence-corrected chi connectivity index (χ4v) is 2.20. The van der Waals surface area contributed by atoms with Crippen molar-refractivity contribution in [1.82, 2.24) is 5.16 Å². The van der Waals surface area contributed by atoms with Crippen LogP contribution in [-0.4, -0.2) is 17.0 Å². The summed E-state index contributed by atoms with van der Waals surface area (Å²) in [5, 5.41) is 8.97. The first kappa shape index (κ1) is 16.7. The van der Waals surface area contributed by atoms with Crippen molar-refractivity contribution < 1.29 is 14.1 Å². The highest BCUT2D eigenvalue weighted by molar-refractivity contribution is 6.08. The average Bonchev–Trinajstić information content (AvgIpc) is 2.83. The highest BCUT2D eigenvalue weighted by Gasteiger charge is 2.19. The fourth-order valence-electron chi connectivity index (χ4n) is 2.20. The van der Waals surface area contributed by atoms with Crippen LogP contribution in [0.4, 0.5) is 11.5 Å². The Kier molecular flexibility index (Phi) is 4.83. The second-order valence-corrected chi connectivity index (χ2v) is 6.39. The average molecular weight is 315 g/mol. The molecule has 2 aromatic rings. The number of hydrogen-bond donors (Lipinski definition) is 2. The van der Waals surface area contributed by atoms with Gasteiger partial charge < -0.3 is 15.2 Å². The van der Waals surface area contributed by atoms with Crippen molar-refractivity contribution >= 4 is 23.3 Å². The second-order valence-electron chi connectivity index (χ2n) is 6.39. The standard InChI is InChI=1S/C17H21N3O3/c1-11-9-14(20-23-11)19-16(22)10-15(21)18-13-8-6-5-7-12(13)17(2,3)4/h5-9H,10H2,1-4H3,(H,18,21)(H,19,20,22). The number of anilines is 2. The van der Waals surface area contributed by atoms with Crippen molar-refractivity contribution in [2.75, 3.05) is 10.6 Å². The van der Waals surface area contributed by atoms with Gasteiger partial charge in [-0.05, 0) is 24.0 Å². The van der Waals surface area contributed by atoms with Crippen molar-refractivity contribution in [3.8, 4) is 0 Å². The molecule has 0 aliphatic heterocycles. The Morgan fingerprint density at radius 1 is 1.13 bits per heavy atom. The zero-order valence-electron chi connectivity index (χ0n) is 13.8. The molecule has 2 amide bonds. The molecule has 1 heterocycles. The molecule has 0 saturated heterocycles. The van der Waals surface area contributed by atoms with E-state index in [1.807, 2.05) is 24.3 Å². The number of nitrogens with one attached hydrogen (secondary N) is 2. The third-order valence-electron chi connectivity index (χ3n) is 3.23. The van der Waals surface area contributed by atoms with Gasteiger partial charge in [-0.1, -0.05) is 44.1 Å². The summed E-state index contributed by atoms with van der Waals surface area (Å²) in [5.74, 6) is 0.0719. The van der Waals surface area contributed by atoms with E-state index in [1.54, 1.807) is 13.0 Å². The Morgan fingerprint density at radius 3 is 2.39 bits per heavy atom. The molecule has 0 saturated carbocycles. The van der Waals surface area contributed by atoms with E-state index in [4.69, 9.17) is 4.52 Å². The van der Waals surface area contributed by atoms with E-state index >= 15 is 0 Å². The zero-order chi connectivity index (χ0) is 17.0. The molecule has 23 heavy (non-hydrogen) atoms. The molecule has 6 nitrogen and oxygen atoms in total. The number of nitrogens with zero attached hydrogens (tertiary/aromatic N) is 1. The molecule has 1 aromatic carbocycles. The van der Waals surface area contributed by atoms with Crippen LogP contribution in [-0.2, 0) is 15.0 Å². The summed E-state index contributed by atoms with van der Waals surface area (Å²) in [4.78, 5) is 23.9. The van der Waals surface area contributed by atoms with Gasteiger partial charge in [0, 0.05) is 11.8 Å². The largest absolute Gasteiger partial charge is 0.360 e. The molecule has 0 aliphatic carbocycles. The number of aromatic nitrogens is 1. The quantitative estimate of drug-likeness (QED) is 0.848. The Balaban J connectivity index is 1.99. The molecule has 2 N–H and O–H groups in total. The molecule has 0 radical (unpaired) electrons. The van der Waals surface area contributed by atoms with Crippen molar-refractivity contribution in [2.24, 2.45) is 0 Å². The molecule has 0 spiro atoms. The maximum absolute atomic E-state index is 12.1. The van der Waals surface area contributed by atoms with E-state index in [0.29, 0.717) is 11.6 Å². The van der Waals surface area contributed by atoms with Gasteiger partial charge in [0.05, 0.1) is 0 Å². The summed E-state index contributed by atoms with van der Waals surface area (Å²) in [6.45, 7) is 7.92. The molecule has 0 bridgehead atoms. The predicted octanol–water partition coefficient (Wildman–Crippen LogP) is 3.25. The molecule has 122 valence electrons. The van der Waals surface area contributed by atoms with Gasteiger partial charge in [0.15, 0.2) is 5.82 Å². The van der Waals surface area contributed by atoms with Crippen LogP contribution in [0.15, 0.2) is 34.9 Å². The number of para-hydroxylation sites is 1. The van der Waals surface area contributed by atoms with Gasteiger partial charge in [-0.3, -0.25) is 9.59 Å². The van der Waals surface area contributed by atoms with Gasteiger partial charge in [-0.25, -0.2) is 0 Å². The molecular formula is C17H21N3O3. The van der Waals surface area contributed by atoms with Gasteiger partial charge in [0.1, 0.15) is 12.2 Å². The molecule has 0 unspecified atom stereocenters. The van der Waals surface area contributed by atoms with Crippen LogP contribution in [0.5, 0.6) is 0 Å². The summed E-state index contributed by atoms with van der Waals surface area (Å²) in [7, 11) is 0. The first-order valence-electron chi connectivity index (χ1n) is 7.38. The summed E-state index contributed by atoms with van der Waals surface area (Å²) < 4.78 is 4.85. The number of rotatable bonds is 4. The highest BCUT2D eigenvalue weighted by Crippen LogP contribution is 2.29. The Morgan fingerprint density at radius 2 is 1.78 bits per heavy atom. The lowest BCUT2D eigenvalue weighted by Crippen LogP contribution is -2.23. The van der Waals surface area contributed by atoms with Gasteiger partial charge in [-0.15, -0.1) is 0 Å². The lowest BCUT2D eigenvalue weighted by Gasteiger charge is -2.22. The number of amides is 2. The second kappa shape index (κ2) is 6.64. The third-order valence-corrected chi connectivity index (χ3v) is 3.23. The van der Waals surface area contributed by atoms with Crippen molar-refractivity contribution in [3.05, 3.63) is 41.7 Å². The normalized spacial score (nSPS) is 11.1. The van der Waals surface area contributed by atoms with Crippen LogP contribution in [0.3, 0.4) is 0 Å². The lowest BCUT2D eigenvalue weighted by molar-refractivity contribution is -0.123. The van der Waals surface area contributed by atoms with E-state index in [-0.39, 0.29) is 17.7 Å². The Hall–Kier alpha value is -2.63. The smallest absolute Gasteiger partial charge is 0.235 e. The summed E-state index contributed by atoms with van der Waals surface area (Å²) in [5.41, 5.74) is 1.63. The summed E-state index contributed by atoms with van der Waals surface area (Å²) in [6, 6.07) is 9.16. The number of hydrogen-bond acceptors (Lipinski definition) is 4. The van der Waals surface area contributed by atoms with Crippen LogP contribution in [0, 0.1) is 6.92 Å². The van der Waals surface area contributed by atoms with Crippen LogP contribution in [0.25, 0.3) is 0 Å². The van der Waals surface area contributed by atoms with E-state index in [9.17, 15) is 9.59 Å². The third kappa shape index (κ3) is 4.67. The van der Waals surface area contributed by atoms with Crippen molar-refractivity contribution in [2.45, 2.75) is 39.5 Å². The molecule has 0 fully saturated rings. The minimum Gasteiger partial charge on any atom is -0.360 e. The predicted molar refractivity (Wildman–Crippen MR) is 88.3 cm³/mol. The SMILES string of the molecule is Cc1cc(NC(=O)CC(=O)Nc2ccccc2C(C)(C)C)no1. The first-order valence-corrected chi connectivity index (χ1v) is 7.38. The summed E-state index contributed by atoms with van der Waals surface area (Å²) >= 11 is 0. The molecular weight excluding hydrogens is 294 g/mol. The van der Waals surface area contributed by atoms with Gasteiger partial charge in [0.25, 0.3) is 0 Å². The van der Waals surface area contributed by atoms with Gasteiger partial charge in [0.2, 0.25) is 11.8 Å². The topological polar surface area (TPSA) is 84.2 Å². The summed E-state index contributed by atoms with van der Waals surface area (Å²) in [6.07, 6.45) is -0.287. The minimum absolute atomic E-state index is 0.107. The molecule has 2 rings (SSSR count). The van der Waals surface area contributed by atoms with E-state index in [2.05, 4.69) is 36.6 Å². The van der Waals surface area contributed by atoms with E-state index in [1.165, 1.54) is 0 Å². The number of carbonyl (C=O) groups is 2. The van der Waals surface area contributed by atoms with Crippen molar-refractivity contribution in [1.29, 1.82) is 0 Å². The zero-order valence-corrected chi connectivity index (χ0v) is 13.8. The van der Waals surface area contributed by atoms with Crippen LogP contribution in [0.2, 0.25) is 0 Å². The van der Waals surface area contributed by atoms with Gasteiger partial charge >= 0.3 is 0 Å². The number of benzene rings is 1. The Labute approximate surface area is 135 Å². The van der Waals surface area contributed by atoms with Crippen LogP contribution in [0.1, 0.15) is 38.5 Å². The number of carbonyl (C=O) groups excluding carboxylic acids is 2. The van der Waals surface area contributed by atoms with Gasteiger partial charge in [-0.2, -0.15) is 0 Å². The highest BCUT2D eigenvalue weighted by atomic mass is 16.5. The minimum atomic E-state index is -0.441. The Bertz CT molecular complexity index is 714. The van der Waals surface area contributed by atoms with E-state index < -0.39 is 5.91 Å². The molecule has 0 aliphatic rings. The maximum Gasteiger partial charge on any atom is 0.235 e. The molecule has 6 heteroatoms. The molecule has 1 aromatic heterocycles. The monoisotopic (exact) mass is 315 g/mol. The number of aryl methyl sites for hydroxylation is 1. The first-order chi connectivity index (χ1) is 10.8. The van der Waals surface area contributed by atoms with E-state index in [0.717, 1.165) is 11.3 Å². The molecule has 0 atom stereocenters. The lowest BCUT2D eigenvalue weighted by atomic mass is 9.86. The maximum atomic E-state index is 12.1. The van der Waals surface area contributed by atoms with Crippen molar-refractivity contribution in [3.63, 3.8) is 0 Å². The van der Waals surface area contributed by atoms with Crippen LogP contribution >= 0.6 is 0 Å². The van der Waals surface area contributed by atoms with Crippen LogP contribution < -0.4 is 10.6 Å². The fraction of sp³-hybridized carbons (Fsp3) is 0.353.